The molecule has 0 aliphatic carbocycles. The number of nitrogens with zero attached hydrogens (tertiary/aromatic N) is 1. The van der Waals surface area contributed by atoms with Crippen molar-refractivity contribution in [1.82, 2.24) is 9.97 Å². The highest BCUT2D eigenvalue weighted by Gasteiger charge is 2.15. The number of ether oxygens (including phenoxy) is 1. The second-order valence-electron chi connectivity index (χ2n) is 6.00. The van der Waals surface area contributed by atoms with Crippen molar-refractivity contribution >= 4 is 79.3 Å². The fourth-order valence-corrected chi connectivity index (χ4v) is 6.06. The van der Waals surface area contributed by atoms with Crippen LogP contribution >= 0.6 is 57.4 Å². The van der Waals surface area contributed by atoms with Crippen LogP contribution in [-0.4, -0.2) is 34.1 Å². The van der Waals surface area contributed by atoms with Crippen LogP contribution in [0.4, 0.5) is 0 Å². The molecule has 1 N–H and O–H groups in total. The lowest BCUT2D eigenvalue weighted by molar-refractivity contribution is -0.139. The molecule has 0 amide bonds. The number of thioether (sulfide) groups is 1. The zero-order valence-electron chi connectivity index (χ0n) is 15.2. The molecule has 154 valence electrons. The molecule has 0 aliphatic heterocycles. The smallest absolute Gasteiger partial charge is 0.316 e. The Kier molecular flexibility index (Phi) is 6.69. The number of ketones is 1. The number of aromatic nitrogens is 2. The summed E-state index contributed by atoms with van der Waals surface area (Å²) in [6, 6.07) is 7.14. The normalized spacial score (nSPS) is 11.1. The Hall–Kier alpha value is -1.98. The Morgan fingerprint density at radius 3 is 2.83 bits per heavy atom. The van der Waals surface area contributed by atoms with Crippen LogP contribution in [0.2, 0.25) is 4.34 Å². The zero-order valence-corrected chi connectivity index (χ0v) is 19.2. The molecule has 0 spiro atoms. The van der Waals surface area contributed by atoms with Gasteiger partial charge in [-0.1, -0.05) is 17.7 Å². The third kappa shape index (κ3) is 4.84. The van der Waals surface area contributed by atoms with Crippen molar-refractivity contribution in [2.75, 3.05) is 12.4 Å². The molecule has 11 heteroatoms. The SMILES string of the molecule is O=C(CSCc1nc2scc(-c3cccs3)c2c(=O)[nH]1)OCC(=O)c1ccc(Cl)s1. The molecule has 0 saturated carbocycles. The molecule has 0 atom stereocenters. The number of rotatable bonds is 8. The number of carbonyl (C=O) groups is 2. The number of H-pyrrole nitrogens is 1. The Balaban J connectivity index is 1.32. The molecule has 6 nitrogen and oxygen atoms in total. The molecule has 4 aromatic rings. The number of fused-ring (bicyclic) bond motifs is 1. The molecule has 0 aliphatic rings. The minimum Gasteiger partial charge on any atom is -0.457 e. The van der Waals surface area contributed by atoms with Crippen molar-refractivity contribution in [1.29, 1.82) is 0 Å². The Morgan fingerprint density at radius 1 is 1.23 bits per heavy atom. The quantitative estimate of drug-likeness (QED) is 0.270. The molecule has 0 aromatic carbocycles. The Labute approximate surface area is 191 Å². The number of nitrogens with one attached hydrogen (secondary N) is 1. The molecule has 0 bridgehead atoms. The van der Waals surface area contributed by atoms with Gasteiger partial charge in [0.1, 0.15) is 10.7 Å². The highest BCUT2D eigenvalue weighted by atomic mass is 35.5. The Morgan fingerprint density at radius 2 is 2.10 bits per heavy atom. The van der Waals surface area contributed by atoms with Gasteiger partial charge in [-0.25, -0.2) is 4.98 Å². The van der Waals surface area contributed by atoms with Crippen molar-refractivity contribution in [3.8, 4) is 10.4 Å². The number of hydrogen-bond acceptors (Lipinski definition) is 9. The first-order chi connectivity index (χ1) is 14.5. The van der Waals surface area contributed by atoms with Crippen molar-refractivity contribution in [3.05, 3.63) is 60.4 Å². The predicted octanol–water partition coefficient (Wildman–Crippen LogP) is 5.09. The van der Waals surface area contributed by atoms with Crippen LogP contribution in [0.15, 0.2) is 39.8 Å². The first kappa shape index (κ1) is 21.3. The molecule has 30 heavy (non-hydrogen) atoms. The lowest BCUT2D eigenvalue weighted by Crippen LogP contribution is -2.15. The van der Waals surface area contributed by atoms with Gasteiger partial charge >= 0.3 is 5.97 Å². The summed E-state index contributed by atoms with van der Waals surface area (Å²) in [5, 5.41) is 4.49. The number of halogens is 1. The second-order valence-corrected chi connectivity index (χ2v) is 10.5. The van der Waals surface area contributed by atoms with Crippen molar-refractivity contribution in [2.45, 2.75) is 5.75 Å². The highest BCUT2D eigenvalue weighted by molar-refractivity contribution is 7.99. The van der Waals surface area contributed by atoms with Gasteiger partial charge in [-0.05, 0) is 23.6 Å². The van der Waals surface area contributed by atoms with Crippen LogP contribution in [0.5, 0.6) is 0 Å². The van der Waals surface area contributed by atoms with E-state index in [0.29, 0.717) is 31.0 Å². The van der Waals surface area contributed by atoms with E-state index in [9.17, 15) is 14.4 Å². The van der Waals surface area contributed by atoms with E-state index in [1.165, 1.54) is 23.1 Å². The van der Waals surface area contributed by atoms with E-state index in [1.54, 1.807) is 23.5 Å². The average molecular weight is 497 g/mol. The van der Waals surface area contributed by atoms with Crippen LogP contribution in [0.1, 0.15) is 15.5 Å². The van der Waals surface area contributed by atoms with Gasteiger partial charge in [-0.15, -0.1) is 45.8 Å². The van der Waals surface area contributed by atoms with E-state index in [4.69, 9.17) is 16.3 Å². The molecular weight excluding hydrogens is 484 g/mol. The second kappa shape index (κ2) is 9.44. The number of thiophene rings is 3. The van der Waals surface area contributed by atoms with Gasteiger partial charge in [-0.3, -0.25) is 14.4 Å². The van der Waals surface area contributed by atoms with E-state index in [1.807, 2.05) is 22.9 Å². The van der Waals surface area contributed by atoms with Gasteiger partial charge in [0.05, 0.1) is 26.1 Å². The lowest BCUT2D eigenvalue weighted by atomic mass is 10.2. The van der Waals surface area contributed by atoms with Gasteiger partial charge in [-0.2, -0.15) is 0 Å². The fourth-order valence-electron chi connectivity index (χ4n) is 2.63. The molecule has 0 unspecified atom stereocenters. The molecule has 4 rings (SSSR count). The third-order valence-electron chi connectivity index (χ3n) is 3.95. The van der Waals surface area contributed by atoms with E-state index < -0.39 is 5.97 Å². The van der Waals surface area contributed by atoms with E-state index >= 15 is 0 Å². The van der Waals surface area contributed by atoms with E-state index in [2.05, 4.69) is 9.97 Å². The van der Waals surface area contributed by atoms with Gasteiger partial charge in [0.2, 0.25) is 5.78 Å². The summed E-state index contributed by atoms with van der Waals surface area (Å²) in [6.45, 7) is -0.321. The topological polar surface area (TPSA) is 89.1 Å². The maximum absolute atomic E-state index is 12.6. The predicted molar refractivity (Wildman–Crippen MR) is 124 cm³/mol. The minimum atomic E-state index is -0.504. The maximum atomic E-state index is 12.6. The average Bonchev–Trinajstić information content (AvgIpc) is 3.46. The number of hydrogen-bond donors (Lipinski definition) is 1. The first-order valence-corrected chi connectivity index (χ1v) is 12.7. The molecule has 0 fully saturated rings. The number of aromatic amines is 1. The number of esters is 1. The van der Waals surface area contributed by atoms with Crippen molar-refractivity contribution in [3.63, 3.8) is 0 Å². The Bertz CT molecular complexity index is 1260. The van der Waals surface area contributed by atoms with Crippen LogP contribution in [-0.2, 0) is 15.3 Å². The van der Waals surface area contributed by atoms with Crippen LogP contribution in [0.25, 0.3) is 20.7 Å². The molecular formula is C19H13ClN2O4S4. The fraction of sp³-hybridized carbons (Fsp3) is 0.158. The molecule has 0 saturated heterocycles. The van der Waals surface area contributed by atoms with Crippen LogP contribution < -0.4 is 5.56 Å². The highest BCUT2D eigenvalue weighted by Crippen LogP contribution is 2.33. The largest absolute Gasteiger partial charge is 0.457 e. The van der Waals surface area contributed by atoms with Gasteiger partial charge in [0, 0.05) is 15.8 Å². The summed E-state index contributed by atoms with van der Waals surface area (Å²) in [6.07, 6.45) is 0. The summed E-state index contributed by atoms with van der Waals surface area (Å²) in [4.78, 5) is 45.8. The number of Topliss-reactive ketones (excluding diaryl/α,β-unsaturated/α-hetero) is 1. The molecule has 0 radical (unpaired) electrons. The van der Waals surface area contributed by atoms with Crippen LogP contribution in [0.3, 0.4) is 0 Å². The summed E-state index contributed by atoms with van der Waals surface area (Å²) in [5.74, 6) is 0.0946. The zero-order chi connectivity index (χ0) is 21.1. The maximum Gasteiger partial charge on any atom is 0.316 e. The summed E-state index contributed by atoms with van der Waals surface area (Å²) in [7, 11) is 0. The molecule has 4 aromatic heterocycles. The van der Waals surface area contributed by atoms with Crippen molar-refractivity contribution < 1.29 is 14.3 Å². The van der Waals surface area contributed by atoms with E-state index in [0.717, 1.165) is 21.8 Å². The monoisotopic (exact) mass is 496 g/mol. The number of carbonyl (C=O) groups excluding carboxylic acids is 2. The molecule has 4 heterocycles. The third-order valence-corrected chi connectivity index (χ3v) is 7.92. The lowest BCUT2D eigenvalue weighted by Gasteiger charge is -2.04. The van der Waals surface area contributed by atoms with Crippen molar-refractivity contribution in [2.24, 2.45) is 0 Å². The summed E-state index contributed by atoms with van der Waals surface area (Å²) in [5.41, 5.74) is 0.696. The summed E-state index contributed by atoms with van der Waals surface area (Å²) >= 11 is 11.2. The van der Waals surface area contributed by atoms with Crippen LogP contribution in [0, 0.1) is 0 Å². The van der Waals surface area contributed by atoms with Gasteiger partial charge in [0.25, 0.3) is 5.56 Å². The van der Waals surface area contributed by atoms with Gasteiger partial charge < -0.3 is 9.72 Å². The van der Waals surface area contributed by atoms with Gasteiger partial charge in [0.15, 0.2) is 6.61 Å². The van der Waals surface area contributed by atoms with E-state index in [-0.39, 0.29) is 23.7 Å². The first-order valence-electron chi connectivity index (χ1n) is 8.57. The summed E-state index contributed by atoms with van der Waals surface area (Å²) < 4.78 is 5.52. The minimum absolute atomic E-state index is 0.0467. The standard InChI is InChI=1S/C19H13ClN2O4S4/c20-14-4-3-13(30-14)11(23)6-26-16(24)9-27-8-15-21-18(25)17-10(7-29-19(17)22-15)12-2-1-5-28-12/h1-5,7H,6,8-9H2,(H,21,22,25).